The van der Waals surface area contributed by atoms with E-state index < -0.39 is 0 Å². The van der Waals surface area contributed by atoms with Crippen molar-refractivity contribution in [1.82, 2.24) is 14.5 Å². The molecule has 108 valence electrons. The lowest BCUT2D eigenvalue weighted by Gasteiger charge is -2.22. The second-order valence-corrected chi connectivity index (χ2v) is 7.71. The van der Waals surface area contributed by atoms with E-state index >= 15 is 0 Å². The Labute approximate surface area is 132 Å². The highest BCUT2D eigenvalue weighted by Gasteiger charge is 2.20. The van der Waals surface area contributed by atoms with Crippen LogP contribution < -0.4 is 0 Å². The van der Waals surface area contributed by atoms with Crippen LogP contribution in [0.5, 0.6) is 0 Å². The van der Waals surface area contributed by atoms with Gasteiger partial charge in [0.2, 0.25) is 0 Å². The molecule has 0 amide bonds. The number of imidazole rings is 1. The van der Waals surface area contributed by atoms with E-state index in [1.54, 1.807) is 11.3 Å². The van der Waals surface area contributed by atoms with Crippen LogP contribution in [0.15, 0.2) is 35.8 Å². The molecule has 1 fully saturated rings. The van der Waals surface area contributed by atoms with E-state index in [2.05, 4.69) is 44.9 Å². The summed E-state index contributed by atoms with van der Waals surface area (Å²) < 4.78 is 2.32. The van der Waals surface area contributed by atoms with E-state index in [0.29, 0.717) is 5.25 Å². The first-order chi connectivity index (χ1) is 10.4. The third-order valence-electron chi connectivity index (χ3n) is 3.91. The Morgan fingerprint density at radius 2 is 2.24 bits per heavy atom. The van der Waals surface area contributed by atoms with Crippen molar-refractivity contribution in [3.05, 3.63) is 35.8 Å². The number of rotatable bonds is 3. The first-order valence-corrected chi connectivity index (χ1v) is 9.31. The van der Waals surface area contributed by atoms with Gasteiger partial charge in [-0.2, -0.15) is 11.8 Å². The zero-order valence-electron chi connectivity index (χ0n) is 11.7. The lowest BCUT2D eigenvalue weighted by atomic mass is 10.2. The van der Waals surface area contributed by atoms with E-state index in [0.717, 1.165) is 23.5 Å². The highest BCUT2D eigenvalue weighted by molar-refractivity contribution is 7.99. The maximum absolute atomic E-state index is 4.82. The Kier molecular flexibility index (Phi) is 3.69. The van der Waals surface area contributed by atoms with Crippen molar-refractivity contribution in [3.63, 3.8) is 0 Å². The number of aromatic nitrogens is 3. The van der Waals surface area contributed by atoms with Gasteiger partial charge < -0.3 is 4.57 Å². The van der Waals surface area contributed by atoms with Gasteiger partial charge >= 0.3 is 0 Å². The molecule has 4 rings (SSSR count). The van der Waals surface area contributed by atoms with Crippen molar-refractivity contribution in [2.75, 3.05) is 5.75 Å². The van der Waals surface area contributed by atoms with Gasteiger partial charge in [0.1, 0.15) is 5.52 Å². The summed E-state index contributed by atoms with van der Waals surface area (Å²) in [5.74, 6) is 2.36. The molecule has 0 spiro atoms. The zero-order chi connectivity index (χ0) is 14.1. The highest BCUT2D eigenvalue weighted by atomic mass is 32.2. The standard InChI is InChI=1S/C16H17N3S2/c1-2-9-20-12(5-1)11-19-15-13(6-3-8-17-15)18-16(19)14-7-4-10-21-14/h3-4,6-8,10,12H,1-2,5,9,11H2. The van der Waals surface area contributed by atoms with Crippen LogP contribution >= 0.6 is 23.1 Å². The molecular weight excluding hydrogens is 298 g/mol. The lowest BCUT2D eigenvalue weighted by molar-refractivity contribution is 0.592. The van der Waals surface area contributed by atoms with Gasteiger partial charge in [-0.25, -0.2) is 9.97 Å². The summed E-state index contributed by atoms with van der Waals surface area (Å²) in [5.41, 5.74) is 2.02. The number of hydrogen-bond acceptors (Lipinski definition) is 4. The Morgan fingerprint density at radius 3 is 3.05 bits per heavy atom. The van der Waals surface area contributed by atoms with Crippen LogP contribution in [0.1, 0.15) is 19.3 Å². The van der Waals surface area contributed by atoms with Gasteiger partial charge in [0, 0.05) is 18.0 Å². The highest BCUT2D eigenvalue weighted by Crippen LogP contribution is 2.31. The van der Waals surface area contributed by atoms with Gasteiger partial charge in [-0.1, -0.05) is 12.5 Å². The minimum atomic E-state index is 0.692. The van der Waals surface area contributed by atoms with Crippen LogP contribution in [0.25, 0.3) is 21.9 Å². The molecule has 1 saturated heterocycles. The number of thioether (sulfide) groups is 1. The van der Waals surface area contributed by atoms with Crippen LogP contribution in [0, 0.1) is 0 Å². The third-order valence-corrected chi connectivity index (χ3v) is 6.15. The van der Waals surface area contributed by atoms with Crippen molar-refractivity contribution in [3.8, 4) is 10.7 Å². The van der Waals surface area contributed by atoms with Gasteiger partial charge in [0.15, 0.2) is 11.5 Å². The van der Waals surface area contributed by atoms with Crippen LogP contribution in [0.4, 0.5) is 0 Å². The predicted octanol–water partition coefficient (Wildman–Crippen LogP) is 4.45. The SMILES string of the molecule is c1csc(-c2nc3cccnc3n2CC2CCCCS2)c1. The van der Waals surface area contributed by atoms with Crippen molar-refractivity contribution in [2.24, 2.45) is 0 Å². The average molecular weight is 315 g/mol. The monoisotopic (exact) mass is 315 g/mol. The summed E-state index contributed by atoms with van der Waals surface area (Å²) in [6.07, 6.45) is 5.89. The molecule has 3 aromatic rings. The molecule has 0 aromatic carbocycles. The molecule has 1 atom stereocenters. The topological polar surface area (TPSA) is 30.7 Å². The number of thiophene rings is 1. The summed E-state index contributed by atoms with van der Waals surface area (Å²) in [6.45, 7) is 1.02. The van der Waals surface area contributed by atoms with E-state index in [9.17, 15) is 0 Å². The van der Waals surface area contributed by atoms with Gasteiger partial charge in [-0.05, 0) is 42.2 Å². The zero-order valence-corrected chi connectivity index (χ0v) is 13.4. The van der Waals surface area contributed by atoms with E-state index in [1.807, 2.05) is 12.3 Å². The van der Waals surface area contributed by atoms with Gasteiger partial charge in [-0.3, -0.25) is 0 Å². The summed E-state index contributed by atoms with van der Waals surface area (Å²) in [6, 6.07) is 8.26. The largest absolute Gasteiger partial charge is 0.307 e. The first-order valence-electron chi connectivity index (χ1n) is 7.38. The minimum absolute atomic E-state index is 0.692. The van der Waals surface area contributed by atoms with Gasteiger partial charge in [-0.15, -0.1) is 11.3 Å². The molecule has 1 aliphatic heterocycles. The second kappa shape index (κ2) is 5.81. The van der Waals surface area contributed by atoms with Crippen molar-refractivity contribution < 1.29 is 0 Å². The molecule has 21 heavy (non-hydrogen) atoms. The molecule has 3 nitrogen and oxygen atoms in total. The predicted molar refractivity (Wildman–Crippen MR) is 90.9 cm³/mol. The number of fused-ring (bicyclic) bond motifs is 1. The fourth-order valence-corrected chi connectivity index (χ4v) is 4.89. The molecule has 4 heterocycles. The Hall–Kier alpha value is -1.33. The van der Waals surface area contributed by atoms with E-state index in [4.69, 9.17) is 4.98 Å². The van der Waals surface area contributed by atoms with Gasteiger partial charge in [0.05, 0.1) is 4.88 Å². The number of nitrogens with zero attached hydrogens (tertiary/aromatic N) is 3. The normalized spacial score (nSPS) is 19.1. The van der Waals surface area contributed by atoms with Crippen LogP contribution in [0.2, 0.25) is 0 Å². The fraction of sp³-hybridized carbons (Fsp3) is 0.375. The smallest absolute Gasteiger partial charge is 0.160 e. The van der Waals surface area contributed by atoms with Crippen LogP contribution in [-0.4, -0.2) is 25.5 Å². The van der Waals surface area contributed by atoms with Crippen LogP contribution in [0.3, 0.4) is 0 Å². The Balaban J connectivity index is 1.78. The summed E-state index contributed by atoms with van der Waals surface area (Å²) in [7, 11) is 0. The third kappa shape index (κ3) is 2.60. The molecule has 1 aliphatic rings. The summed E-state index contributed by atoms with van der Waals surface area (Å²) >= 11 is 3.85. The summed E-state index contributed by atoms with van der Waals surface area (Å²) in [5, 5.41) is 2.80. The molecule has 0 radical (unpaired) electrons. The average Bonchev–Trinajstić information content (AvgIpc) is 3.16. The second-order valence-electron chi connectivity index (χ2n) is 5.36. The Bertz CT molecular complexity index is 727. The molecular formula is C16H17N3S2. The first kappa shape index (κ1) is 13.3. The lowest BCUT2D eigenvalue weighted by Crippen LogP contribution is -2.17. The minimum Gasteiger partial charge on any atom is -0.307 e. The molecule has 3 aromatic heterocycles. The number of hydrogen-bond donors (Lipinski definition) is 0. The molecule has 0 bridgehead atoms. The molecule has 5 heteroatoms. The maximum Gasteiger partial charge on any atom is 0.160 e. The number of pyridine rings is 1. The van der Waals surface area contributed by atoms with Crippen LogP contribution in [-0.2, 0) is 6.54 Å². The van der Waals surface area contributed by atoms with Gasteiger partial charge in [0.25, 0.3) is 0 Å². The molecule has 0 N–H and O–H groups in total. The fourth-order valence-electron chi connectivity index (χ4n) is 2.88. The van der Waals surface area contributed by atoms with Crippen molar-refractivity contribution in [1.29, 1.82) is 0 Å². The maximum atomic E-state index is 4.82. The van der Waals surface area contributed by atoms with E-state index in [1.165, 1.54) is 29.9 Å². The quantitative estimate of drug-likeness (QED) is 0.715. The molecule has 1 unspecified atom stereocenters. The van der Waals surface area contributed by atoms with E-state index in [-0.39, 0.29) is 0 Å². The Morgan fingerprint density at radius 1 is 1.24 bits per heavy atom. The van der Waals surface area contributed by atoms with Crippen molar-refractivity contribution in [2.45, 2.75) is 31.1 Å². The summed E-state index contributed by atoms with van der Waals surface area (Å²) in [4.78, 5) is 10.6. The van der Waals surface area contributed by atoms with Crippen molar-refractivity contribution >= 4 is 34.3 Å². The molecule has 0 aliphatic carbocycles. The molecule has 0 saturated carbocycles.